The van der Waals surface area contributed by atoms with Crippen molar-refractivity contribution in [3.8, 4) is 0 Å². The van der Waals surface area contributed by atoms with Crippen molar-refractivity contribution in [3.05, 3.63) is 24.3 Å². The van der Waals surface area contributed by atoms with Crippen molar-refractivity contribution < 1.29 is 15.0 Å². The minimum Gasteiger partial charge on any atom is -0.394 e. The molecule has 0 rings (SSSR count). The zero-order valence-corrected chi connectivity index (χ0v) is 30.4. The minimum atomic E-state index is -0.846. The van der Waals surface area contributed by atoms with Crippen molar-refractivity contribution in [2.45, 2.75) is 225 Å². The lowest BCUT2D eigenvalue weighted by atomic mass is 10.0. The van der Waals surface area contributed by atoms with E-state index in [0.717, 1.165) is 32.1 Å². The van der Waals surface area contributed by atoms with Crippen LogP contribution >= 0.6 is 0 Å². The van der Waals surface area contributed by atoms with Crippen molar-refractivity contribution in [3.63, 3.8) is 0 Å². The van der Waals surface area contributed by atoms with Gasteiger partial charge in [-0.2, -0.15) is 0 Å². The zero-order chi connectivity index (χ0) is 32.9. The Balaban J connectivity index is 3.51. The van der Waals surface area contributed by atoms with E-state index < -0.39 is 12.1 Å². The van der Waals surface area contributed by atoms with E-state index in [1.807, 2.05) is 6.08 Å². The maximum absolute atomic E-state index is 12.2. The second-order valence-corrected chi connectivity index (χ2v) is 13.7. The highest BCUT2D eigenvalue weighted by Crippen LogP contribution is 2.15. The first-order valence-corrected chi connectivity index (χ1v) is 20.1. The molecule has 2 unspecified atom stereocenters. The Morgan fingerprint density at radius 3 is 1.24 bits per heavy atom. The molecule has 0 heterocycles. The van der Waals surface area contributed by atoms with Gasteiger partial charge in [-0.1, -0.05) is 192 Å². The van der Waals surface area contributed by atoms with Crippen LogP contribution in [0, 0.1) is 0 Å². The van der Waals surface area contributed by atoms with Crippen LogP contribution in [0.1, 0.15) is 213 Å². The van der Waals surface area contributed by atoms with Crippen LogP contribution in [0.15, 0.2) is 24.3 Å². The fraction of sp³-hybridized carbons (Fsp3) is 0.878. The van der Waals surface area contributed by atoms with E-state index in [4.69, 9.17) is 0 Å². The molecule has 0 bridgehead atoms. The van der Waals surface area contributed by atoms with Crippen LogP contribution in [-0.4, -0.2) is 34.9 Å². The molecule has 0 aliphatic carbocycles. The molecule has 45 heavy (non-hydrogen) atoms. The van der Waals surface area contributed by atoms with Crippen LogP contribution in [0.3, 0.4) is 0 Å². The van der Waals surface area contributed by atoms with E-state index in [2.05, 4.69) is 31.3 Å². The Hall–Kier alpha value is -1.13. The predicted octanol–water partition coefficient (Wildman–Crippen LogP) is 12.1. The topological polar surface area (TPSA) is 69.6 Å². The number of nitrogens with one attached hydrogen (secondary N) is 1. The SMILES string of the molecule is CCCCCC/C=C\CCCC(=O)NC(CO)C(O)/C=C/CCCCCCCCCCCCCCCCCCCCCCCC. The first kappa shape index (κ1) is 43.9. The molecule has 0 aliphatic rings. The van der Waals surface area contributed by atoms with Gasteiger partial charge < -0.3 is 15.5 Å². The van der Waals surface area contributed by atoms with Crippen molar-refractivity contribution in [1.82, 2.24) is 5.32 Å². The molecule has 0 aliphatic heterocycles. The Kier molecular flexibility index (Phi) is 36.4. The highest BCUT2D eigenvalue weighted by molar-refractivity contribution is 5.76. The maximum Gasteiger partial charge on any atom is 0.220 e. The number of hydrogen-bond donors (Lipinski definition) is 3. The largest absolute Gasteiger partial charge is 0.394 e. The van der Waals surface area contributed by atoms with Gasteiger partial charge in [-0.15, -0.1) is 0 Å². The van der Waals surface area contributed by atoms with Gasteiger partial charge in [-0.25, -0.2) is 0 Å². The molecular formula is C41H79NO3. The van der Waals surface area contributed by atoms with Crippen LogP contribution in [0.5, 0.6) is 0 Å². The Morgan fingerprint density at radius 2 is 0.844 bits per heavy atom. The number of aliphatic hydroxyl groups excluding tert-OH is 2. The Morgan fingerprint density at radius 1 is 0.511 bits per heavy atom. The summed E-state index contributed by atoms with van der Waals surface area (Å²) >= 11 is 0. The van der Waals surface area contributed by atoms with E-state index in [-0.39, 0.29) is 12.5 Å². The summed E-state index contributed by atoms with van der Waals surface area (Å²) in [4.78, 5) is 12.2. The summed E-state index contributed by atoms with van der Waals surface area (Å²) in [7, 11) is 0. The van der Waals surface area contributed by atoms with Gasteiger partial charge in [0.25, 0.3) is 0 Å². The smallest absolute Gasteiger partial charge is 0.220 e. The molecule has 0 aromatic carbocycles. The predicted molar refractivity (Wildman–Crippen MR) is 198 cm³/mol. The van der Waals surface area contributed by atoms with E-state index in [0.29, 0.717) is 6.42 Å². The van der Waals surface area contributed by atoms with Gasteiger partial charge in [-0.3, -0.25) is 4.79 Å². The fourth-order valence-electron chi connectivity index (χ4n) is 6.06. The first-order chi connectivity index (χ1) is 22.2. The van der Waals surface area contributed by atoms with Gasteiger partial charge in [-0.05, 0) is 38.5 Å². The highest BCUT2D eigenvalue weighted by atomic mass is 16.3. The van der Waals surface area contributed by atoms with Crippen molar-refractivity contribution in [1.29, 1.82) is 0 Å². The van der Waals surface area contributed by atoms with Gasteiger partial charge in [0.15, 0.2) is 0 Å². The van der Waals surface area contributed by atoms with Crippen molar-refractivity contribution >= 4 is 5.91 Å². The minimum absolute atomic E-state index is 0.0996. The van der Waals surface area contributed by atoms with Gasteiger partial charge in [0.1, 0.15) is 0 Å². The average molecular weight is 634 g/mol. The lowest BCUT2D eigenvalue weighted by molar-refractivity contribution is -0.122. The molecule has 3 N–H and O–H groups in total. The molecule has 4 nitrogen and oxygen atoms in total. The quantitative estimate of drug-likeness (QED) is 0.0475. The molecule has 0 aromatic rings. The third-order valence-electron chi connectivity index (χ3n) is 9.18. The van der Waals surface area contributed by atoms with E-state index in [9.17, 15) is 15.0 Å². The van der Waals surface area contributed by atoms with Crippen LogP contribution in [0.25, 0.3) is 0 Å². The third kappa shape index (κ3) is 34.0. The standard InChI is InChI=1S/C41H79NO3/c1-3-5-7-9-11-13-14-15-16-17-18-19-20-21-22-23-24-25-26-27-29-30-32-34-36-40(44)39(38-43)42-41(45)37-35-33-31-28-12-10-8-6-4-2/h28,31,34,36,39-40,43-44H,3-27,29-30,32-33,35,37-38H2,1-2H3,(H,42,45)/b31-28-,36-34+. The molecule has 0 fully saturated rings. The van der Waals surface area contributed by atoms with Crippen LogP contribution in [0.4, 0.5) is 0 Å². The average Bonchev–Trinajstić information content (AvgIpc) is 3.04. The summed E-state index contributed by atoms with van der Waals surface area (Å²) in [5.41, 5.74) is 0. The molecule has 0 spiro atoms. The van der Waals surface area contributed by atoms with E-state index in [1.165, 1.54) is 161 Å². The molecule has 0 radical (unpaired) electrons. The number of unbranched alkanes of at least 4 members (excludes halogenated alkanes) is 27. The Labute approximate surface area is 281 Å². The maximum atomic E-state index is 12.2. The molecule has 0 saturated heterocycles. The Bertz CT molecular complexity index is 647. The highest BCUT2D eigenvalue weighted by Gasteiger charge is 2.17. The summed E-state index contributed by atoms with van der Waals surface area (Å²) in [5.74, 6) is -0.0996. The van der Waals surface area contributed by atoms with Crippen molar-refractivity contribution in [2.75, 3.05) is 6.61 Å². The summed E-state index contributed by atoms with van der Waals surface area (Å²) in [6, 6.07) is -0.632. The summed E-state index contributed by atoms with van der Waals surface area (Å²) in [5, 5.41) is 22.8. The molecule has 0 aromatic heterocycles. The third-order valence-corrected chi connectivity index (χ3v) is 9.18. The van der Waals surface area contributed by atoms with Crippen LogP contribution in [-0.2, 0) is 4.79 Å². The zero-order valence-electron chi connectivity index (χ0n) is 30.4. The lowest BCUT2D eigenvalue weighted by Crippen LogP contribution is -2.45. The van der Waals surface area contributed by atoms with Crippen LogP contribution < -0.4 is 5.32 Å². The number of allylic oxidation sites excluding steroid dienone is 3. The van der Waals surface area contributed by atoms with E-state index >= 15 is 0 Å². The summed E-state index contributed by atoms with van der Waals surface area (Å²) in [6.45, 7) is 4.26. The second-order valence-electron chi connectivity index (χ2n) is 13.7. The molecule has 1 amide bonds. The summed E-state index contributed by atoms with van der Waals surface area (Å²) in [6.07, 6.45) is 47.2. The van der Waals surface area contributed by atoms with Gasteiger partial charge in [0.05, 0.1) is 18.8 Å². The lowest BCUT2D eigenvalue weighted by Gasteiger charge is -2.19. The number of amides is 1. The molecular weight excluding hydrogens is 554 g/mol. The second kappa shape index (κ2) is 37.3. The fourth-order valence-corrected chi connectivity index (χ4v) is 6.06. The monoisotopic (exact) mass is 634 g/mol. The summed E-state index contributed by atoms with van der Waals surface area (Å²) < 4.78 is 0. The normalized spacial score (nSPS) is 13.2. The number of rotatable bonds is 36. The molecule has 266 valence electrons. The number of carbonyl (C=O) groups is 1. The van der Waals surface area contributed by atoms with Gasteiger partial charge >= 0.3 is 0 Å². The van der Waals surface area contributed by atoms with E-state index in [1.54, 1.807) is 6.08 Å². The number of aliphatic hydroxyl groups is 2. The number of carbonyl (C=O) groups excluding carboxylic acids is 1. The molecule has 0 saturated carbocycles. The first-order valence-electron chi connectivity index (χ1n) is 20.1. The van der Waals surface area contributed by atoms with Crippen LogP contribution in [0.2, 0.25) is 0 Å². The van der Waals surface area contributed by atoms with Gasteiger partial charge in [0.2, 0.25) is 5.91 Å². The molecule has 4 heteroatoms. The van der Waals surface area contributed by atoms with Gasteiger partial charge in [0, 0.05) is 6.42 Å². The van der Waals surface area contributed by atoms with Crippen molar-refractivity contribution in [2.24, 2.45) is 0 Å². The molecule has 2 atom stereocenters. The number of hydrogen-bond acceptors (Lipinski definition) is 3.